The van der Waals surface area contributed by atoms with Gasteiger partial charge in [0.2, 0.25) is 5.88 Å². The fraction of sp³-hybridized carbons (Fsp3) is 0.250. The van der Waals surface area contributed by atoms with Gasteiger partial charge in [-0.3, -0.25) is 4.79 Å². The van der Waals surface area contributed by atoms with Gasteiger partial charge in [-0.1, -0.05) is 18.2 Å². The van der Waals surface area contributed by atoms with Crippen molar-refractivity contribution in [3.05, 3.63) is 52.7 Å². The molecule has 20 heavy (non-hydrogen) atoms. The van der Waals surface area contributed by atoms with Crippen LogP contribution in [0.25, 0.3) is 0 Å². The lowest BCUT2D eigenvalue weighted by Gasteiger charge is -2.20. The standard InChI is InChI=1S/C16H15NO3/c1-9-3-4-12-8-13-7-11(10(2)16(18)19)5-6-14(13)20-15(12)17-9/h3-7,10H,8H2,1-2H3,(H,18,19). The zero-order chi connectivity index (χ0) is 14.3. The number of hydrogen-bond donors (Lipinski definition) is 1. The van der Waals surface area contributed by atoms with Gasteiger partial charge in [0.05, 0.1) is 5.92 Å². The van der Waals surface area contributed by atoms with Crippen molar-refractivity contribution in [3.63, 3.8) is 0 Å². The molecule has 4 nitrogen and oxygen atoms in total. The van der Waals surface area contributed by atoms with Crippen molar-refractivity contribution in [2.45, 2.75) is 26.2 Å². The molecule has 0 aliphatic carbocycles. The Labute approximate surface area is 117 Å². The third-order valence-electron chi connectivity index (χ3n) is 3.62. The number of pyridine rings is 1. The fourth-order valence-electron chi connectivity index (χ4n) is 2.34. The molecule has 4 heteroatoms. The number of aryl methyl sites for hydroxylation is 1. The molecule has 1 aliphatic heterocycles. The van der Waals surface area contributed by atoms with Crippen LogP contribution in [0.2, 0.25) is 0 Å². The van der Waals surface area contributed by atoms with Crippen LogP contribution >= 0.6 is 0 Å². The Morgan fingerprint density at radius 1 is 1.30 bits per heavy atom. The van der Waals surface area contributed by atoms with Crippen LogP contribution in [0.3, 0.4) is 0 Å². The Kier molecular flexibility index (Phi) is 2.93. The van der Waals surface area contributed by atoms with Gasteiger partial charge in [-0.05, 0) is 37.1 Å². The van der Waals surface area contributed by atoms with Crippen molar-refractivity contribution in [2.75, 3.05) is 0 Å². The number of ether oxygens (including phenoxy) is 1. The summed E-state index contributed by atoms with van der Waals surface area (Å²) in [6.45, 7) is 3.61. The predicted molar refractivity (Wildman–Crippen MR) is 74.3 cm³/mol. The number of fused-ring (bicyclic) bond motifs is 2. The average molecular weight is 269 g/mol. The van der Waals surface area contributed by atoms with Crippen LogP contribution < -0.4 is 4.74 Å². The van der Waals surface area contributed by atoms with Gasteiger partial charge in [0, 0.05) is 17.7 Å². The van der Waals surface area contributed by atoms with Crippen LogP contribution in [0.4, 0.5) is 0 Å². The van der Waals surface area contributed by atoms with E-state index in [1.165, 1.54) is 0 Å². The van der Waals surface area contributed by atoms with E-state index in [2.05, 4.69) is 4.98 Å². The smallest absolute Gasteiger partial charge is 0.310 e. The number of aliphatic carboxylic acids is 1. The molecule has 1 aromatic heterocycles. The highest BCUT2D eigenvalue weighted by atomic mass is 16.5. The topological polar surface area (TPSA) is 59.4 Å². The molecule has 0 saturated heterocycles. The van der Waals surface area contributed by atoms with E-state index >= 15 is 0 Å². The number of carbonyl (C=O) groups is 1. The van der Waals surface area contributed by atoms with Crippen molar-refractivity contribution in [1.82, 2.24) is 4.98 Å². The molecule has 0 saturated carbocycles. The minimum atomic E-state index is -0.820. The maximum atomic E-state index is 11.1. The van der Waals surface area contributed by atoms with Gasteiger partial charge in [-0.15, -0.1) is 0 Å². The highest BCUT2D eigenvalue weighted by Gasteiger charge is 2.21. The van der Waals surface area contributed by atoms with Gasteiger partial charge in [0.15, 0.2) is 0 Å². The van der Waals surface area contributed by atoms with Crippen molar-refractivity contribution in [1.29, 1.82) is 0 Å². The molecule has 0 radical (unpaired) electrons. The zero-order valence-corrected chi connectivity index (χ0v) is 11.4. The molecule has 0 amide bonds. The molecule has 1 aromatic carbocycles. The molecule has 2 aromatic rings. The molecule has 1 atom stereocenters. The van der Waals surface area contributed by atoms with Gasteiger partial charge in [0.1, 0.15) is 5.75 Å². The van der Waals surface area contributed by atoms with Crippen molar-refractivity contribution < 1.29 is 14.6 Å². The number of hydrogen-bond acceptors (Lipinski definition) is 3. The molecular weight excluding hydrogens is 254 g/mol. The molecular formula is C16H15NO3. The Balaban J connectivity index is 1.98. The summed E-state index contributed by atoms with van der Waals surface area (Å²) < 4.78 is 5.79. The van der Waals surface area contributed by atoms with Gasteiger partial charge in [-0.2, -0.15) is 0 Å². The number of nitrogens with zero attached hydrogens (tertiary/aromatic N) is 1. The molecule has 1 N–H and O–H groups in total. The van der Waals surface area contributed by atoms with E-state index in [-0.39, 0.29) is 0 Å². The van der Waals surface area contributed by atoms with Crippen LogP contribution in [-0.2, 0) is 11.2 Å². The molecule has 0 spiro atoms. The Hall–Kier alpha value is -2.36. The molecule has 1 unspecified atom stereocenters. The summed E-state index contributed by atoms with van der Waals surface area (Å²) in [5.74, 6) is 0.0747. The molecule has 2 heterocycles. The lowest BCUT2D eigenvalue weighted by atomic mass is 9.95. The summed E-state index contributed by atoms with van der Waals surface area (Å²) in [5, 5.41) is 9.09. The summed E-state index contributed by atoms with van der Waals surface area (Å²) in [4.78, 5) is 15.4. The molecule has 102 valence electrons. The first-order chi connectivity index (χ1) is 9.54. The Morgan fingerprint density at radius 3 is 2.85 bits per heavy atom. The van der Waals surface area contributed by atoms with Gasteiger partial charge >= 0.3 is 5.97 Å². The molecule has 0 fully saturated rings. The third-order valence-corrected chi connectivity index (χ3v) is 3.62. The van der Waals surface area contributed by atoms with Crippen LogP contribution in [-0.4, -0.2) is 16.1 Å². The molecule has 3 rings (SSSR count). The number of carboxylic acid groups (broad SMARTS) is 1. The van der Waals surface area contributed by atoms with Crippen LogP contribution in [0.15, 0.2) is 30.3 Å². The quantitative estimate of drug-likeness (QED) is 0.775. The van der Waals surface area contributed by atoms with E-state index in [1.54, 1.807) is 13.0 Å². The maximum absolute atomic E-state index is 11.1. The first-order valence-corrected chi connectivity index (χ1v) is 6.54. The minimum absolute atomic E-state index is 0.516. The largest absolute Gasteiger partial charge is 0.481 e. The van der Waals surface area contributed by atoms with Crippen LogP contribution in [0, 0.1) is 6.92 Å². The number of carboxylic acids is 1. The van der Waals surface area contributed by atoms with Crippen molar-refractivity contribution in [2.24, 2.45) is 0 Å². The molecule has 1 aliphatic rings. The van der Waals surface area contributed by atoms with Gasteiger partial charge in [0.25, 0.3) is 0 Å². The normalized spacial score (nSPS) is 13.9. The second-order valence-corrected chi connectivity index (χ2v) is 5.12. The predicted octanol–water partition coefficient (Wildman–Crippen LogP) is 3.27. The molecule has 0 bridgehead atoms. The minimum Gasteiger partial charge on any atom is -0.481 e. The Bertz CT molecular complexity index is 694. The fourth-order valence-corrected chi connectivity index (χ4v) is 2.34. The lowest BCUT2D eigenvalue weighted by Crippen LogP contribution is -2.10. The summed E-state index contributed by atoms with van der Waals surface area (Å²) in [6, 6.07) is 9.51. The van der Waals surface area contributed by atoms with E-state index in [1.807, 2.05) is 31.2 Å². The second-order valence-electron chi connectivity index (χ2n) is 5.12. The Morgan fingerprint density at radius 2 is 2.10 bits per heavy atom. The van der Waals surface area contributed by atoms with Crippen LogP contribution in [0.5, 0.6) is 11.6 Å². The third kappa shape index (κ3) is 2.13. The van der Waals surface area contributed by atoms with Crippen LogP contribution in [0.1, 0.15) is 35.2 Å². The monoisotopic (exact) mass is 269 g/mol. The van der Waals surface area contributed by atoms with E-state index in [0.29, 0.717) is 5.88 Å². The van der Waals surface area contributed by atoms with Gasteiger partial charge in [-0.25, -0.2) is 4.98 Å². The van der Waals surface area contributed by atoms with E-state index in [0.717, 1.165) is 34.6 Å². The highest BCUT2D eigenvalue weighted by molar-refractivity contribution is 5.75. The summed E-state index contributed by atoms with van der Waals surface area (Å²) in [6.07, 6.45) is 0.720. The number of aromatic nitrogens is 1. The lowest BCUT2D eigenvalue weighted by molar-refractivity contribution is -0.138. The maximum Gasteiger partial charge on any atom is 0.310 e. The van der Waals surface area contributed by atoms with Crippen molar-refractivity contribution >= 4 is 5.97 Å². The number of rotatable bonds is 2. The summed E-state index contributed by atoms with van der Waals surface area (Å²) in [7, 11) is 0. The zero-order valence-electron chi connectivity index (χ0n) is 11.4. The first kappa shape index (κ1) is 12.7. The number of benzene rings is 1. The SMILES string of the molecule is Cc1ccc2c(n1)Oc1ccc(C(C)C(=O)O)cc1C2. The van der Waals surface area contributed by atoms with Crippen molar-refractivity contribution in [3.8, 4) is 11.6 Å². The summed E-state index contributed by atoms with van der Waals surface area (Å²) in [5.41, 5.74) is 3.75. The second kappa shape index (κ2) is 4.63. The van der Waals surface area contributed by atoms with E-state index in [9.17, 15) is 4.79 Å². The average Bonchev–Trinajstić information content (AvgIpc) is 2.43. The van der Waals surface area contributed by atoms with E-state index in [4.69, 9.17) is 9.84 Å². The highest BCUT2D eigenvalue weighted by Crippen LogP contribution is 2.36. The summed E-state index contributed by atoms with van der Waals surface area (Å²) >= 11 is 0. The van der Waals surface area contributed by atoms with Gasteiger partial charge < -0.3 is 9.84 Å². The van der Waals surface area contributed by atoms with E-state index < -0.39 is 11.9 Å². The first-order valence-electron chi connectivity index (χ1n) is 6.54.